The van der Waals surface area contributed by atoms with Crippen LogP contribution in [0.4, 0.5) is 0 Å². The summed E-state index contributed by atoms with van der Waals surface area (Å²) in [7, 11) is 1.69. The van der Waals surface area contributed by atoms with Gasteiger partial charge < -0.3 is 9.64 Å². The predicted molar refractivity (Wildman–Crippen MR) is 83.9 cm³/mol. The second kappa shape index (κ2) is 10.6. The van der Waals surface area contributed by atoms with Gasteiger partial charge in [-0.3, -0.25) is 9.59 Å². The van der Waals surface area contributed by atoms with E-state index in [0.717, 1.165) is 19.3 Å². The van der Waals surface area contributed by atoms with Crippen LogP contribution in [0.1, 0.15) is 71.1 Å². The first kappa shape index (κ1) is 18.0. The van der Waals surface area contributed by atoms with Crippen molar-refractivity contribution in [1.29, 1.82) is 0 Å². The van der Waals surface area contributed by atoms with Crippen molar-refractivity contribution in [3.05, 3.63) is 0 Å². The number of rotatable bonds is 10. The van der Waals surface area contributed by atoms with Gasteiger partial charge in [-0.05, 0) is 18.8 Å². The maximum Gasteiger partial charge on any atom is 0.325 e. The van der Waals surface area contributed by atoms with Crippen LogP contribution in [0, 0.1) is 5.92 Å². The lowest BCUT2D eigenvalue weighted by Crippen LogP contribution is -2.33. The van der Waals surface area contributed by atoms with Crippen LogP contribution in [0.25, 0.3) is 0 Å². The fourth-order valence-electron chi connectivity index (χ4n) is 2.86. The summed E-state index contributed by atoms with van der Waals surface area (Å²) >= 11 is 0. The fourth-order valence-corrected chi connectivity index (χ4v) is 2.86. The summed E-state index contributed by atoms with van der Waals surface area (Å²) in [4.78, 5) is 25.1. The third-order valence-electron chi connectivity index (χ3n) is 4.29. The number of nitrogens with zero attached hydrogens (tertiary/aromatic N) is 1. The summed E-state index contributed by atoms with van der Waals surface area (Å²) in [6.45, 7) is 2.71. The number of unbranched alkanes of at least 4 members (excludes halogenated alkanes) is 3. The summed E-state index contributed by atoms with van der Waals surface area (Å²) in [6, 6.07) is 0. The van der Waals surface area contributed by atoms with E-state index in [1.807, 2.05) is 0 Å². The SMILES string of the molecule is CCCCCCOC(=O)CN(C)C(=O)CCC1CCCC1. The Morgan fingerprint density at radius 1 is 1.14 bits per heavy atom. The minimum atomic E-state index is -0.289. The second-order valence-electron chi connectivity index (χ2n) is 6.22. The van der Waals surface area contributed by atoms with E-state index >= 15 is 0 Å². The van der Waals surface area contributed by atoms with E-state index in [2.05, 4.69) is 6.92 Å². The first-order chi connectivity index (χ1) is 10.1. The molecule has 0 aromatic carbocycles. The molecule has 122 valence electrons. The highest BCUT2D eigenvalue weighted by molar-refractivity contribution is 5.81. The zero-order valence-electron chi connectivity index (χ0n) is 13.7. The molecule has 1 fully saturated rings. The van der Waals surface area contributed by atoms with Gasteiger partial charge in [-0.1, -0.05) is 51.9 Å². The van der Waals surface area contributed by atoms with Crippen LogP contribution in [-0.4, -0.2) is 37.0 Å². The van der Waals surface area contributed by atoms with Gasteiger partial charge in [-0.2, -0.15) is 0 Å². The average molecular weight is 297 g/mol. The topological polar surface area (TPSA) is 46.6 Å². The van der Waals surface area contributed by atoms with E-state index in [0.29, 0.717) is 18.9 Å². The molecule has 0 bridgehead atoms. The third-order valence-corrected chi connectivity index (χ3v) is 4.29. The number of carbonyl (C=O) groups is 2. The lowest BCUT2D eigenvalue weighted by molar-refractivity contribution is -0.148. The van der Waals surface area contributed by atoms with Crippen molar-refractivity contribution in [2.75, 3.05) is 20.2 Å². The van der Waals surface area contributed by atoms with Crippen LogP contribution in [0.5, 0.6) is 0 Å². The zero-order chi connectivity index (χ0) is 15.5. The highest BCUT2D eigenvalue weighted by atomic mass is 16.5. The van der Waals surface area contributed by atoms with Crippen molar-refractivity contribution in [3.63, 3.8) is 0 Å². The molecule has 1 saturated carbocycles. The molecule has 0 saturated heterocycles. The first-order valence-electron chi connectivity index (χ1n) is 8.53. The number of amides is 1. The summed E-state index contributed by atoms with van der Waals surface area (Å²) in [5, 5.41) is 0. The maximum atomic E-state index is 12.0. The number of carbonyl (C=O) groups excluding carboxylic acids is 2. The smallest absolute Gasteiger partial charge is 0.325 e. The third kappa shape index (κ3) is 8.08. The largest absolute Gasteiger partial charge is 0.464 e. The molecule has 0 heterocycles. The molecule has 0 aromatic heterocycles. The van der Waals surface area contributed by atoms with Gasteiger partial charge in [0.2, 0.25) is 5.91 Å². The number of esters is 1. The number of ether oxygens (including phenoxy) is 1. The van der Waals surface area contributed by atoms with Crippen LogP contribution < -0.4 is 0 Å². The molecule has 1 aliphatic carbocycles. The molecule has 1 aliphatic rings. The Morgan fingerprint density at radius 3 is 2.52 bits per heavy atom. The molecule has 0 unspecified atom stereocenters. The van der Waals surface area contributed by atoms with Crippen molar-refractivity contribution >= 4 is 11.9 Å². The highest BCUT2D eigenvalue weighted by Crippen LogP contribution is 2.28. The molecule has 4 heteroatoms. The van der Waals surface area contributed by atoms with Gasteiger partial charge in [0.05, 0.1) is 6.61 Å². The monoisotopic (exact) mass is 297 g/mol. The second-order valence-corrected chi connectivity index (χ2v) is 6.22. The lowest BCUT2D eigenvalue weighted by Gasteiger charge is -2.17. The number of hydrogen-bond acceptors (Lipinski definition) is 3. The Bertz CT molecular complexity index is 311. The summed E-state index contributed by atoms with van der Waals surface area (Å²) in [6.07, 6.45) is 11.0. The van der Waals surface area contributed by atoms with Crippen LogP contribution in [-0.2, 0) is 14.3 Å². The van der Waals surface area contributed by atoms with Gasteiger partial charge in [-0.15, -0.1) is 0 Å². The summed E-state index contributed by atoms with van der Waals surface area (Å²) in [5.74, 6) is 0.487. The van der Waals surface area contributed by atoms with Gasteiger partial charge in [0.25, 0.3) is 0 Å². The molecule has 1 rings (SSSR count). The van der Waals surface area contributed by atoms with Gasteiger partial charge in [0, 0.05) is 13.5 Å². The van der Waals surface area contributed by atoms with Crippen molar-refractivity contribution in [1.82, 2.24) is 4.90 Å². The molecule has 21 heavy (non-hydrogen) atoms. The van der Waals surface area contributed by atoms with Crippen molar-refractivity contribution in [2.24, 2.45) is 5.92 Å². The zero-order valence-corrected chi connectivity index (χ0v) is 13.7. The minimum absolute atomic E-state index is 0.0600. The van der Waals surface area contributed by atoms with Crippen LogP contribution in [0.3, 0.4) is 0 Å². The molecule has 0 spiro atoms. The normalized spacial score (nSPS) is 15.1. The van der Waals surface area contributed by atoms with E-state index in [9.17, 15) is 9.59 Å². The molecule has 4 nitrogen and oxygen atoms in total. The Morgan fingerprint density at radius 2 is 1.86 bits per heavy atom. The summed E-state index contributed by atoms with van der Waals surface area (Å²) in [5.41, 5.74) is 0. The molecule has 0 aliphatic heterocycles. The molecule has 0 atom stereocenters. The molecule has 0 radical (unpaired) electrons. The Kier molecular flexibility index (Phi) is 9.11. The van der Waals surface area contributed by atoms with Crippen LogP contribution in [0.15, 0.2) is 0 Å². The Balaban J connectivity index is 2.08. The van der Waals surface area contributed by atoms with Gasteiger partial charge in [-0.25, -0.2) is 0 Å². The van der Waals surface area contributed by atoms with Crippen LogP contribution >= 0.6 is 0 Å². The lowest BCUT2D eigenvalue weighted by atomic mass is 10.0. The van der Waals surface area contributed by atoms with Crippen LogP contribution in [0.2, 0.25) is 0 Å². The van der Waals surface area contributed by atoms with Crippen molar-refractivity contribution in [3.8, 4) is 0 Å². The van der Waals surface area contributed by atoms with Crippen molar-refractivity contribution in [2.45, 2.75) is 71.1 Å². The molecule has 1 amide bonds. The first-order valence-corrected chi connectivity index (χ1v) is 8.53. The molecular formula is C17H31NO3. The molecule has 0 aromatic rings. The molecule has 0 N–H and O–H groups in total. The van der Waals surface area contributed by atoms with E-state index < -0.39 is 0 Å². The maximum absolute atomic E-state index is 12.0. The van der Waals surface area contributed by atoms with Crippen molar-refractivity contribution < 1.29 is 14.3 Å². The number of hydrogen-bond donors (Lipinski definition) is 0. The van der Waals surface area contributed by atoms with Gasteiger partial charge in [0.1, 0.15) is 6.54 Å². The van der Waals surface area contributed by atoms with Gasteiger partial charge in [0.15, 0.2) is 0 Å². The number of likely N-dealkylation sites (N-methyl/N-ethyl adjacent to an activating group) is 1. The van der Waals surface area contributed by atoms with E-state index in [4.69, 9.17) is 4.74 Å². The molecular weight excluding hydrogens is 266 g/mol. The Labute approximate surface area is 129 Å². The summed E-state index contributed by atoms with van der Waals surface area (Å²) < 4.78 is 5.15. The Hall–Kier alpha value is -1.06. The van der Waals surface area contributed by atoms with E-state index in [-0.39, 0.29) is 18.4 Å². The minimum Gasteiger partial charge on any atom is -0.464 e. The van der Waals surface area contributed by atoms with Gasteiger partial charge >= 0.3 is 5.97 Å². The van der Waals surface area contributed by atoms with E-state index in [1.54, 1.807) is 7.05 Å². The van der Waals surface area contributed by atoms with E-state index in [1.165, 1.54) is 43.4 Å². The quantitative estimate of drug-likeness (QED) is 0.458. The highest BCUT2D eigenvalue weighted by Gasteiger charge is 2.18. The fraction of sp³-hybridized carbons (Fsp3) is 0.882. The predicted octanol–water partition coefficient (Wildman–Crippen LogP) is 3.54. The average Bonchev–Trinajstić information content (AvgIpc) is 2.97. The standard InChI is InChI=1S/C17H31NO3/c1-3-4-5-8-13-21-17(20)14-18(2)16(19)12-11-15-9-6-7-10-15/h15H,3-14H2,1-2H3.